The molecule has 0 bridgehead atoms. The van der Waals surface area contributed by atoms with E-state index in [0.29, 0.717) is 6.61 Å². The highest BCUT2D eigenvalue weighted by Crippen LogP contribution is 2.25. The molecule has 1 saturated carbocycles. The molecule has 1 fully saturated rings. The average molecular weight is 270 g/mol. The molecular weight excluding hydrogens is 240 g/mol. The van der Waals surface area contributed by atoms with Crippen molar-refractivity contribution in [3.05, 3.63) is 0 Å². The Hall–Kier alpha value is -0.610. The van der Waals surface area contributed by atoms with Gasteiger partial charge in [-0.05, 0) is 33.6 Å². The van der Waals surface area contributed by atoms with Crippen molar-refractivity contribution >= 4 is 5.91 Å². The first kappa shape index (κ1) is 16.4. The molecule has 4 heteroatoms. The topological polar surface area (TPSA) is 55.6 Å². The van der Waals surface area contributed by atoms with E-state index in [-0.39, 0.29) is 17.6 Å². The SMILES string of the molecule is CCN(CC)C(=O)C(C)OCC1(N)CCCCCC1. The first-order valence-corrected chi connectivity index (χ1v) is 7.71. The standard InChI is InChI=1S/C15H30N2O2/c1-4-17(5-2)14(18)13(3)19-12-15(16)10-8-6-7-9-11-15/h13H,4-12,16H2,1-3H3. The maximum absolute atomic E-state index is 12.1. The van der Waals surface area contributed by atoms with Crippen molar-refractivity contribution in [2.45, 2.75) is 70.9 Å². The van der Waals surface area contributed by atoms with Gasteiger partial charge in [-0.25, -0.2) is 0 Å². The van der Waals surface area contributed by atoms with Gasteiger partial charge in [-0.15, -0.1) is 0 Å². The summed E-state index contributed by atoms with van der Waals surface area (Å²) in [6.07, 6.45) is 6.54. The lowest BCUT2D eigenvalue weighted by molar-refractivity contribution is -0.143. The van der Waals surface area contributed by atoms with E-state index in [2.05, 4.69) is 0 Å². The second kappa shape index (κ2) is 7.85. The molecule has 0 radical (unpaired) electrons. The predicted octanol–water partition coefficient (Wildman–Crippen LogP) is 2.31. The third-order valence-electron chi connectivity index (χ3n) is 4.14. The van der Waals surface area contributed by atoms with Crippen LogP contribution in [0.2, 0.25) is 0 Å². The lowest BCUT2D eigenvalue weighted by Gasteiger charge is -2.30. The summed E-state index contributed by atoms with van der Waals surface area (Å²) in [5, 5.41) is 0. The Morgan fingerprint density at radius 3 is 2.21 bits per heavy atom. The Morgan fingerprint density at radius 2 is 1.74 bits per heavy atom. The summed E-state index contributed by atoms with van der Waals surface area (Å²) in [6.45, 7) is 7.78. The fraction of sp³-hybridized carbons (Fsp3) is 0.933. The lowest BCUT2D eigenvalue weighted by atomic mass is 9.92. The molecule has 1 aliphatic carbocycles. The number of likely N-dealkylation sites (N-methyl/N-ethyl adjacent to an activating group) is 1. The zero-order chi connectivity index (χ0) is 14.3. The van der Waals surface area contributed by atoms with Crippen molar-refractivity contribution in [3.63, 3.8) is 0 Å². The van der Waals surface area contributed by atoms with Gasteiger partial charge in [0.1, 0.15) is 6.10 Å². The third kappa shape index (κ3) is 5.11. The molecule has 0 aliphatic heterocycles. The maximum Gasteiger partial charge on any atom is 0.251 e. The van der Waals surface area contributed by atoms with E-state index in [0.717, 1.165) is 25.9 Å². The number of nitrogens with two attached hydrogens (primary N) is 1. The van der Waals surface area contributed by atoms with E-state index in [1.165, 1.54) is 25.7 Å². The van der Waals surface area contributed by atoms with Crippen LogP contribution in [0.1, 0.15) is 59.3 Å². The number of ether oxygens (including phenoxy) is 1. The highest BCUT2D eigenvalue weighted by Gasteiger charge is 2.29. The van der Waals surface area contributed by atoms with E-state index >= 15 is 0 Å². The molecule has 0 heterocycles. The Kier molecular flexibility index (Phi) is 6.80. The number of nitrogens with zero attached hydrogens (tertiary/aromatic N) is 1. The Labute approximate surface area is 117 Å². The Morgan fingerprint density at radius 1 is 1.21 bits per heavy atom. The van der Waals surface area contributed by atoms with Crippen LogP contribution in [0.3, 0.4) is 0 Å². The van der Waals surface area contributed by atoms with E-state index in [1.807, 2.05) is 20.8 Å². The Bertz CT molecular complexity index is 269. The molecule has 112 valence electrons. The molecule has 0 aromatic carbocycles. The molecule has 19 heavy (non-hydrogen) atoms. The van der Waals surface area contributed by atoms with E-state index in [4.69, 9.17) is 10.5 Å². The predicted molar refractivity (Wildman–Crippen MR) is 78.0 cm³/mol. The van der Waals surface area contributed by atoms with Gasteiger partial charge < -0.3 is 15.4 Å². The number of carbonyl (C=O) groups excluding carboxylic acids is 1. The molecule has 0 aromatic rings. The maximum atomic E-state index is 12.1. The van der Waals surface area contributed by atoms with Crippen molar-refractivity contribution in [2.24, 2.45) is 5.73 Å². The normalized spacial score (nSPS) is 20.6. The number of hydrogen-bond acceptors (Lipinski definition) is 3. The molecule has 4 nitrogen and oxygen atoms in total. The van der Waals surface area contributed by atoms with Crippen LogP contribution < -0.4 is 5.73 Å². The third-order valence-corrected chi connectivity index (χ3v) is 4.14. The molecule has 2 N–H and O–H groups in total. The summed E-state index contributed by atoms with van der Waals surface area (Å²) < 4.78 is 5.77. The van der Waals surface area contributed by atoms with Crippen molar-refractivity contribution in [1.82, 2.24) is 4.90 Å². The monoisotopic (exact) mass is 270 g/mol. The van der Waals surface area contributed by atoms with Crippen LogP contribution in [0.4, 0.5) is 0 Å². The van der Waals surface area contributed by atoms with Gasteiger partial charge in [0.2, 0.25) is 0 Å². The van der Waals surface area contributed by atoms with Crippen molar-refractivity contribution < 1.29 is 9.53 Å². The van der Waals surface area contributed by atoms with Crippen molar-refractivity contribution in [1.29, 1.82) is 0 Å². The van der Waals surface area contributed by atoms with Gasteiger partial charge in [0.15, 0.2) is 0 Å². The summed E-state index contributed by atoms with van der Waals surface area (Å²) in [6, 6.07) is 0. The smallest absolute Gasteiger partial charge is 0.251 e. The van der Waals surface area contributed by atoms with Gasteiger partial charge >= 0.3 is 0 Å². The van der Waals surface area contributed by atoms with Crippen LogP contribution in [0.5, 0.6) is 0 Å². The summed E-state index contributed by atoms with van der Waals surface area (Å²) in [7, 11) is 0. The highest BCUT2D eigenvalue weighted by atomic mass is 16.5. The fourth-order valence-corrected chi connectivity index (χ4v) is 2.73. The van der Waals surface area contributed by atoms with Crippen LogP contribution in [0.25, 0.3) is 0 Å². The first-order valence-electron chi connectivity index (χ1n) is 7.71. The number of rotatable bonds is 6. The van der Waals surface area contributed by atoms with Crippen LogP contribution >= 0.6 is 0 Å². The zero-order valence-corrected chi connectivity index (χ0v) is 12.8. The minimum atomic E-state index is -0.386. The van der Waals surface area contributed by atoms with Gasteiger partial charge in [-0.3, -0.25) is 4.79 Å². The van der Waals surface area contributed by atoms with Gasteiger partial charge in [0, 0.05) is 18.6 Å². The molecule has 1 atom stereocenters. The zero-order valence-electron chi connectivity index (χ0n) is 12.8. The molecular formula is C15H30N2O2. The van der Waals surface area contributed by atoms with Crippen LogP contribution in [0, 0.1) is 0 Å². The highest BCUT2D eigenvalue weighted by molar-refractivity contribution is 5.80. The molecule has 1 unspecified atom stereocenters. The van der Waals surface area contributed by atoms with Gasteiger partial charge in [-0.1, -0.05) is 25.7 Å². The number of amides is 1. The van der Waals surface area contributed by atoms with Crippen molar-refractivity contribution in [3.8, 4) is 0 Å². The van der Waals surface area contributed by atoms with E-state index < -0.39 is 0 Å². The first-order chi connectivity index (χ1) is 9.02. The number of hydrogen-bond donors (Lipinski definition) is 1. The second-order valence-electron chi connectivity index (χ2n) is 5.74. The summed E-state index contributed by atoms with van der Waals surface area (Å²) in [4.78, 5) is 13.9. The van der Waals surface area contributed by atoms with Crippen LogP contribution in [-0.2, 0) is 9.53 Å². The van der Waals surface area contributed by atoms with E-state index in [9.17, 15) is 4.79 Å². The molecule has 1 amide bonds. The minimum absolute atomic E-state index is 0.0715. The Balaban J connectivity index is 2.43. The largest absolute Gasteiger partial charge is 0.367 e. The number of carbonyl (C=O) groups is 1. The molecule has 0 aromatic heterocycles. The van der Waals surface area contributed by atoms with Gasteiger partial charge in [-0.2, -0.15) is 0 Å². The molecule has 1 rings (SSSR count). The van der Waals surface area contributed by atoms with Crippen LogP contribution in [-0.4, -0.2) is 42.1 Å². The van der Waals surface area contributed by atoms with Crippen LogP contribution in [0.15, 0.2) is 0 Å². The quantitative estimate of drug-likeness (QED) is 0.754. The fourth-order valence-electron chi connectivity index (χ4n) is 2.73. The van der Waals surface area contributed by atoms with Gasteiger partial charge in [0.05, 0.1) is 6.61 Å². The lowest BCUT2D eigenvalue weighted by Crippen LogP contribution is -2.47. The van der Waals surface area contributed by atoms with E-state index in [1.54, 1.807) is 4.90 Å². The second-order valence-corrected chi connectivity index (χ2v) is 5.74. The summed E-state index contributed by atoms with van der Waals surface area (Å²) in [5.74, 6) is 0.0715. The molecule has 0 saturated heterocycles. The van der Waals surface area contributed by atoms with Gasteiger partial charge in [0.25, 0.3) is 5.91 Å². The van der Waals surface area contributed by atoms with Crippen molar-refractivity contribution in [2.75, 3.05) is 19.7 Å². The molecule has 1 aliphatic rings. The molecule has 0 spiro atoms. The summed E-state index contributed by atoms with van der Waals surface area (Å²) in [5.41, 5.74) is 6.17. The minimum Gasteiger partial charge on any atom is -0.367 e. The summed E-state index contributed by atoms with van der Waals surface area (Å²) >= 11 is 0. The average Bonchev–Trinajstić information content (AvgIpc) is 2.62.